The number of nitrogens with zero attached hydrogens (tertiary/aromatic N) is 2. The first kappa shape index (κ1) is 27.5. The fourth-order valence-corrected chi connectivity index (χ4v) is 3.74. The van der Waals surface area contributed by atoms with E-state index in [1.165, 1.54) is 11.1 Å². The number of benzene rings is 1. The van der Waals surface area contributed by atoms with Crippen LogP contribution in [0.15, 0.2) is 18.2 Å². The van der Waals surface area contributed by atoms with Crippen molar-refractivity contribution >= 4 is 5.91 Å². The molecule has 4 heteroatoms. The number of hydrogen-bond donors (Lipinski definition) is 0. The van der Waals surface area contributed by atoms with Crippen molar-refractivity contribution < 1.29 is 14.0 Å². The molecule has 0 radical (unpaired) electrons. The molecule has 0 bridgehead atoms. The lowest BCUT2D eigenvalue weighted by atomic mass is 10.0. The molecule has 4 nitrogen and oxygen atoms in total. The first-order valence-corrected chi connectivity index (χ1v) is 12.5. The summed E-state index contributed by atoms with van der Waals surface area (Å²) in [4.78, 5) is 15.0. The molecular formula is C27H49N2O2+. The van der Waals surface area contributed by atoms with Crippen LogP contribution in [0.25, 0.3) is 0 Å². The van der Waals surface area contributed by atoms with Crippen LogP contribution in [0.5, 0.6) is 5.75 Å². The highest BCUT2D eigenvalue weighted by molar-refractivity contribution is 5.77. The van der Waals surface area contributed by atoms with Crippen LogP contribution in [0.1, 0.15) is 89.7 Å². The van der Waals surface area contributed by atoms with Crippen LogP contribution in [-0.4, -0.2) is 62.2 Å². The smallest absolute Gasteiger partial charge is 0.277 e. The fourth-order valence-electron chi connectivity index (χ4n) is 3.74. The zero-order valence-corrected chi connectivity index (χ0v) is 21.5. The maximum absolute atomic E-state index is 12.9. The number of likely N-dealkylation sites (N-methyl/N-ethyl adjacent to an activating group) is 1. The van der Waals surface area contributed by atoms with E-state index in [0.29, 0.717) is 18.4 Å². The van der Waals surface area contributed by atoms with Crippen LogP contribution in [0.2, 0.25) is 0 Å². The Hall–Kier alpha value is -1.55. The van der Waals surface area contributed by atoms with E-state index in [2.05, 4.69) is 71.8 Å². The van der Waals surface area contributed by atoms with Crippen molar-refractivity contribution in [3.63, 3.8) is 0 Å². The van der Waals surface area contributed by atoms with Gasteiger partial charge in [0.25, 0.3) is 5.91 Å². The molecule has 0 saturated heterocycles. The number of quaternary nitrogens is 1. The first-order valence-electron chi connectivity index (χ1n) is 12.5. The third-order valence-corrected chi connectivity index (χ3v) is 6.02. The lowest BCUT2D eigenvalue weighted by Crippen LogP contribution is -2.49. The van der Waals surface area contributed by atoms with Crippen LogP contribution in [0.4, 0.5) is 0 Å². The first-order chi connectivity index (χ1) is 14.7. The van der Waals surface area contributed by atoms with Crippen LogP contribution < -0.4 is 4.74 Å². The predicted molar refractivity (Wildman–Crippen MR) is 133 cm³/mol. The van der Waals surface area contributed by atoms with E-state index in [1.807, 2.05) is 0 Å². The second-order valence-electron chi connectivity index (χ2n) is 9.99. The molecule has 0 aliphatic rings. The Morgan fingerprint density at radius 1 is 1.00 bits per heavy atom. The van der Waals surface area contributed by atoms with Gasteiger partial charge in [0.2, 0.25) is 0 Å². The lowest BCUT2D eigenvalue weighted by molar-refractivity contribution is -0.883. The van der Waals surface area contributed by atoms with Gasteiger partial charge in [-0.15, -0.1) is 0 Å². The Bertz CT molecular complexity index is 632. The van der Waals surface area contributed by atoms with E-state index < -0.39 is 0 Å². The van der Waals surface area contributed by atoms with Gasteiger partial charge in [0, 0.05) is 13.1 Å². The summed E-state index contributed by atoms with van der Waals surface area (Å²) in [5, 5.41) is 0. The summed E-state index contributed by atoms with van der Waals surface area (Å²) in [6, 6.07) is 6.54. The summed E-state index contributed by atoms with van der Waals surface area (Å²) < 4.78 is 6.83. The molecule has 0 N–H and O–H groups in total. The summed E-state index contributed by atoms with van der Waals surface area (Å²) in [7, 11) is 4.37. The molecule has 0 aromatic heterocycles. The van der Waals surface area contributed by atoms with Crippen molar-refractivity contribution in [2.75, 3.05) is 46.9 Å². The highest BCUT2D eigenvalue weighted by Gasteiger charge is 2.23. The number of ether oxygens (including phenoxy) is 1. The minimum atomic E-state index is 0.316. The van der Waals surface area contributed by atoms with Crippen molar-refractivity contribution in [1.82, 2.24) is 4.90 Å². The predicted octanol–water partition coefficient (Wildman–Crippen LogP) is 6.17. The van der Waals surface area contributed by atoms with Gasteiger partial charge in [-0.3, -0.25) is 4.79 Å². The largest absolute Gasteiger partial charge is 0.493 e. The number of unbranched alkanes of at least 4 members (excludes halogenated alkanes) is 4. The molecule has 0 spiro atoms. The highest BCUT2D eigenvalue weighted by Crippen LogP contribution is 2.24. The Balaban J connectivity index is 2.37. The molecule has 0 atom stereocenters. The lowest BCUT2D eigenvalue weighted by Gasteiger charge is -2.32. The zero-order chi connectivity index (χ0) is 23.3. The van der Waals surface area contributed by atoms with Crippen LogP contribution in [0.3, 0.4) is 0 Å². The summed E-state index contributed by atoms with van der Waals surface area (Å²) in [5.41, 5.74) is 2.53. The van der Waals surface area contributed by atoms with Gasteiger partial charge in [0.1, 0.15) is 5.75 Å². The molecule has 0 aliphatic heterocycles. The standard InChI is InChI=1S/C27H49N2O2/c1-8-10-17-28(18-11-9-2)27(30)22-29(6,7)19-13-12-14-20-31-26-21-25(23(3)4)16-15-24(26)5/h15-16,21,23H,8-14,17-20,22H2,1-7H3/q+1. The molecule has 178 valence electrons. The van der Waals surface area contributed by atoms with Crippen molar-refractivity contribution in [1.29, 1.82) is 0 Å². The second-order valence-corrected chi connectivity index (χ2v) is 9.99. The molecule has 0 unspecified atom stereocenters. The van der Waals surface area contributed by atoms with Gasteiger partial charge in [-0.2, -0.15) is 0 Å². The summed E-state index contributed by atoms with van der Waals surface area (Å²) in [6.07, 6.45) is 7.78. The third kappa shape index (κ3) is 11.0. The average Bonchev–Trinajstić information content (AvgIpc) is 2.71. The highest BCUT2D eigenvalue weighted by atomic mass is 16.5. The van der Waals surface area contributed by atoms with E-state index >= 15 is 0 Å². The topological polar surface area (TPSA) is 29.5 Å². The minimum Gasteiger partial charge on any atom is -0.493 e. The van der Waals surface area contributed by atoms with E-state index in [-0.39, 0.29) is 0 Å². The fraction of sp³-hybridized carbons (Fsp3) is 0.741. The SMILES string of the molecule is CCCCN(CCCC)C(=O)C[N+](C)(C)CCCCCOc1cc(C(C)C)ccc1C. The molecule has 1 rings (SSSR count). The van der Waals surface area contributed by atoms with Gasteiger partial charge >= 0.3 is 0 Å². The molecule has 0 heterocycles. The molecule has 0 aliphatic carbocycles. The molecular weight excluding hydrogens is 384 g/mol. The molecule has 1 aromatic rings. The molecule has 1 amide bonds. The maximum atomic E-state index is 12.9. The number of hydrogen-bond acceptors (Lipinski definition) is 2. The van der Waals surface area contributed by atoms with Crippen molar-refractivity contribution in [3.8, 4) is 5.75 Å². The zero-order valence-electron chi connectivity index (χ0n) is 21.5. The number of amides is 1. The third-order valence-electron chi connectivity index (χ3n) is 6.02. The summed E-state index contributed by atoms with van der Waals surface area (Å²) in [6.45, 7) is 15.1. The van der Waals surface area contributed by atoms with Gasteiger partial charge in [-0.25, -0.2) is 0 Å². The van der Waals surface area contributed by atoms with Crippen LogP contribution in [0, 0.1) is 6.92 Å². The monoisotopic (exact) mass is 433 g/mol. The average molecular weight is 434 g/mol. The molecule has 1 aromatic carbocycles. The van der Waals surface area contributed by atoms with Gasteiger partial charge in [-0.1, -0.05) is 52.7 Å². The number of carbonyl (C=O) groups is 1. The Kier molecular flexibility index (Phi) is 12.9. The minimum absolute atomic E-state index is 0.316. The van der Waals surface area contributed by atoms with Crippen molar-refractivity contribution in [2.24, 2.45) is 0 Å². The van der Waals surface area contributed by atoms with Gasteiger partial charge in [0.05, 0.1) is 27.2 Å². The van der Waals surface area contributed by atoms with Crippen LogP contribution in [-0.2, 0) is 4.79 Å². The van der Waals surface area contributed by atoms with Crippen LogP contribution >= 0.6 is 0 Å². The van der Waals surface area contributed by atoms with Gasteiger partial charge in [0.15, 0.2) is 6.54 Å². The number of aryl methyl sites for hydroxylation is 1. The number of rotatable bonds is 16. The summed E-state index contributed by atoms with van der Waals surface area (Å²) in [5.74, 6) is 1.86. The van der Waals surface area contributed by atoms with E-state index in [9.17, 15) is 4.79 Å². The van der Waals surface area contributed by atoms with E-state index in [4.69, 9.17) is 4.74 Å². The Morgan fingerprint density at radius 2 is 1.65 bits per heavy atom. The van der Waals surface area contributed by atoms with E-state index in [0.717, 1.165) is 81.4 Å². The van der Waals surface area contributed by atoms with Crippen molar-refractivity contribution in [2.45, 2.75) is 85.5 Å². The normalized spacial score (nSPS) is 11.7. The molecule has 0 saturated carbocycles. The van der Waals surface area contributed by atoms with Gasteiger partial charge in [-0.05, 0) is 62.1 Å². The maximum Gasteiger partial charge on any atom is 0.277 e. The Morgan fingerprint density at radius 3 is 2.23 bits per heavy atom. The molecule has 31 heavy (non-hydrogen) atoms. The second kappa shape index (κ2) is 14.5. The van der Waals surface area contributed by atoms with Gasteiger partial charge < -0.3 is 14.1 Å². The summed E-state index contributed by atoms with van der Waals surface area (Å²) >= 11 is 0. The quantitative estimate of drug-likeness (QED) is 0.230. The van der Waals surface area contributed by atoms with E-state index in [1.54, 1.807) is 0 Å². The Labute approximate surface area is 192 Å². The number of carbonyl (C=O) groups excluding carboxylic acids is 1. The molecule has 0 fully saturated rings. The van der Waals surface area contributed by atoms with Crippen molar-refractivity contribution in [3.05, 3.63) is 29.3 Å².